The van der Waals surface area contributed by atoms with Crippen LogP contribution in [0.4, 0.5) is 24.7 Å². The number of benzene rings is 1. The Labute approximate surface area is 181 Å². The van der Waals surface area contributed by atoms with Crippen molar-refractivity contribution in [1.29, 1.82) is 0 Å². The smallest absolute Gasteiger partial charge is 0.410 e. The van der Waals surface area contributed by atoms with Crippen LogP contribution in [0, 0.1) is 0 Å². The summed E-state index contributed by atoms with van der Waals surface area (Å²) in [6, 6.07) is 2.71. The zero-order valence-electron chi connectivity index (χ0n) is 16.8. The van der Waals surface area contributed by atoms with Gasteiger partial charge in [-0.2, -0.15) is 18.3 Å². The number of halogens is 3. The molecule has 0 unspecified atom stereocenters. The minimum atomic E-state index is -4.48. The number of hydrazine groups is 1. The van der Waals surface area contributed by atoms with Crippen molar-refractivity contribution in [2.75, 3.05) is 24.9 Å². The second kappa shape index (κ2) is 8.88. The normalized spacial score (nSPS) is 17.7. The lowest BCUT2D eigenvalue weighted by atomic mass is 10.1. The van der Waals surface area contributed by atoms with Gasteiger partial charge < -0.3 is 20.1 Å². The minimum Gasteiger partial charge on any atom is -0.497 e. The molecule has 0 spiro atoms. The zero-order chi connectivity index (χ0) is 22.8. The number of rotatable bonds is 4. The molecule has 3 rings (SSSR count). The van der Waals surface area contributed by atoms with E-state index < -0.39 is 24.2 Å². The lowest BCUT2D eigenvalue weighted by molar-refractivity contribution is -0.173. The first-order chi connectivity index (χ1) is 14.6. The Morgan fingerprint density at radius 2 is 2.03 bits per heavy atom. The molecule has 31 heavy (non-hydrogen) atoms. The Kier molecular flexibility index (Phi) is 6.43. The standard InChI is InChI=1S/C18H21F3N6O3S/c1-9-6-14(18(19,20)21)27-15(23-9)11(8-22-27)16(28)25-26-17(31)24-12-5-4-10(29-2)7-13(12)30-3/h4-5,7-9,14,23H,6H2,1-3H3,(H,25,28)(H2,24,26,31)/t9-,14+/m0/s1. The average Bonchev–Trinajstić information content (AvgIpc) is 3.14. The third kappa shape index (κ3) is 4.93. The van der Waals surface area contributed by atoms with E-state index in [-0.39, 0.29) is 22.9 Å². The van der Waals surface area contributed by atoms with Gasteiger partial charge in [-0.3, -0.25) is 15.6 Å². The van der Waals surface area contributed by atoms with E-state index in [2.05, 4.69) is 26.6 Å². The first-order valence-electron chi connectivity index (χ1n) is 9.14. The van der Waals surface area contributed by atoms with Gasteiger partial charge in [0.2, 0.25) is 0 Å². The van der Waals surface area contributed by atoms with E-state index >= 15 is 0 Å². The molecule has 9 nitrogen and oxygen atoms in total. The van der Waals surface area contributed by atoms with Crippen LogP contribution in [0.25, 0.3) is 0 Å². The maximum absolute atomic E-state index is 13.3. The van der Waals surface area contributed by atoms with Gasteiger partial charge in [0.1, 0.15) is 22.9 Å². The highest BCUT2D eigenvalue weighted by Gasteiger charge is 2.46. The van der Waals surface area contributed by atoms with Gasteiger partial charge in [0, 0.05) is 12.1 Å². The molecule has 0 saturated heterocycles. The third-order valence-electron chi connectivity index (χ3n) is 4.62. The van der Waals surface area contributed by atoms with Crippen LogP contribution in [-0.2, 0) is 0 Å². The van der Waals surface area contributed by atoms with Crippen LogP contribution in [0.2, 0.25) is 0 Å². The van der Waals surface area contributed by atoms with Crippen LogP contribution in [-0.4, -0.2) is 47.2 Å². The summed E-state index contributed by atoms with van der Waals surface area (Å²) in [5, 5.41) is 9.53. The minimum absolute atomic E-state index is 0.00363. The number of thiocarbonyl (C=S) groups is 1. The lowest BCUT2D eigenvalue weighted by Gasteiger charge is -2.31. The molecule has 0 saturated carbocycles. The molecular weight excluding hydrogens is 437 g/mol. The van der Waals surface area contributed by atoms with Crippen molar-refractivity contribution in [2.45, 2.75) is 31.6 Å². The summed E-state index contributed by atoms with van der Waals surface area (Å²) in [5.41, 5.74) is 5.33. The fourth-order valence-electron chi connectivity index (χ4n) is 3.14. The number of hydrogen-bond donors (Lipinski definition) is 4. The molecule has 168 valence electrons. The van der Waals surface area contributed by atoms with Crippen LogP contribution in [0.15, 0.2) is 24.4 Å². The maximum Gasteiger partial charge on any atom is 0.410 e. The Balaban J connectivity index is 1.67. The number of carbonyl (C=O) groups excluding carboxylic acids is 1. The number of hydrogen-bond acceptors (Lipinski definition) is 6. The van der Waals surface area contributed by atoms with Crippen molar-refractivity contribution >= 4 is 34.7 Å². The Morgan fingerprint density at radius 1 is 1.29 bits per heavy atom. The van der Waals surface area contributed by atoms with E-state index in [1.165, 1.54) is 14.2 Å². The highest BCUT2D eigenvalue weighted by Crippen LogP contribution is 2.40. The Hall–Kier alpha value is -3.22. The maximum atomic E-state index is 13.3. The number of alkyl halides is 3. The van der Waals surface area contributed by atoms with Crippen LogP contribution in [0.3, 0.4) is 0 Å². The molecule has 0 fully saturated rings. The van der Waals surface area contributed by atoms with E-state index in [1.807, 2.05) is 0 Å². The molecule has 13 heteroatoms. The second-order valence-corrected chi connectivity index (χ2v) is 7.20. The monoisotopic (exact) mass is 458 g/mol. The lowest BCUT2D eigenvalue weighted by Crippen LogP contribution is -2.44. The van der Waals surface area contributed by atoms with Gasteiger partial charge in [-0.1, -0.05) is 0 Å². The summed E-state index contributed by atoms with van der Waals surface area (Å²) in [4.78, 5) is 12.5. The van der Waals surface area contributed by atoms with Gasteiger partial charge in [-0.05, 0) is 37.7 Å². The van der Waals surface area contributed by atoms with E-state index in [4.69, 9.17) is 21.7 Å². The van der Waals surface area contributed by atoms with Crippen LogP contribution < -0.4 is 31.0 Å². The molecular formula is C18H21F3N6O3S. The number of fused-ring (bicyclic) bond motifs is 1. The summed E-state index contributed by atoms with van der Waals surface area (Å²) in [6.45, 7) is 1.61. The fraction of sp³-hybridized carbons (Fsp3) is 0.389. The molecule has 2 aromatic rings. The number of carbonyl (C=O) groups is 1. The van der Waals surface area contributed by atoms with Crippen molar-refractivity contribution in [3.63, 3.8) is 0 Å². The zero-order valence-corrected chi connectivity index (χ0v) is 17.6. The molecule has 0 aliphatic carbocycles. The predicted molar refractivity (Wildman–Crippen MR) is 111 cm³/mol. The molecule has 2 atom stereocenters. The van der Waals surface area contributed by atoms with Crippen LogP contribution in [0.1, 0.15) is 29.7 Å². The summed E-state index contributed by atoms with van der Waals surface area (Å²) in [5.74, 6) is 0.335. The molecule has 1 aliphatic rings. The summed E-state index contributed by atoms with van der Waals surface area (Å²) in [6.07, 6.45) is -3.58. The Morgan fingerprint density at radius 3 is 2.68 bits per heavy atom. The molecule has 4 N–H and O–H groups in total. The van der Waals surface area contributed by atoms with E-state index in [1.54, 1.807) is 25.1 Å². The van der Waals surface area contributed by atoms with Gasteiger partial charge in [-0.25, -0.2) is 4.68 Å². The SMILES string of the molecule is COc1ccc(NC(=S)NNC(=O)c2cnn3c2N[C@@H](C)C[C@@H]3C(F)(F)F)c(OC)c1. The average molecular weight is 458 g/mol. The first-order valence-corrected chi connectivity index (χ1v) is 9.55. The number of methoxy groups -OCH3 is 2. The third-order valence-corrected chi connectivity index (χ3v) is 4.82. The van der Waals surface area contributed by atoms with Crippen molar-refractivity contribution < 1.29 is 27.4 Å². The summed E-state index contributed by atoms with van der Waals surface area (Å²) >= 11 is 5.15. The predicted octanol–water partition coefficient (Wildman–Crippen LogP) is 2.84. The largest absolute Gasteiger partial charge is 0.497 e. The summed E-state index contributed by atoms with van der Waals surface area (Å²) in [7, 11) is 3.00. The van der Waals surface area contributed by atoms with Crippen molar-refractivity contribution in [2.24, 2.45) is 0 Å². The highest BCUT2D eigenvalue weighted by molar-refractivity contribution is 7.80. The van der Waals surface area contributed by atoms with Gasteiger partial charge in [0.25, 0.3) is 5.91 Å². The van der Waals surface area contributed by atoms with E-state index in [0.717, 1.165) is 10.9 Å². The number of ether oxygens (including phenoxy) is 2. The quantitative estimate of drug-likeness (QED) is 0.410. The number of anilines is 2. The molecule has 1 aliphatic heterocycles. The van der Waals surface area contributed by atoms with Crippen molar-refractivity contribution in [1.82, 2.24) is 20.6 Å². The van der Waals surface area contributed by atoms with E-state index in [0.29, 0.717) is 17.2 Å². The topological polar surface area (TPSA) is 101 Å². The molecule has 1 aromatic heterocycles. The molecule has 1 aromatic carbocycles. The number of nitrogens with zero attached hydrogens (tertiary/aromatic N) is 2. The Bertz CT molecular complexity index is 981. The van der Waals surface area contributed by atoms with Gasteiger partial charge in [0.15, 0.2) is 11.2 Å². The van der Waals surface area contributed by atoms with E-state index in [9.17, 15) is 18.0 Å². The van der Waals surface area contributed by atoms with Gasteiger partial charge in [0.05, 0.1) is 26.1 Å². The number of aromatic nitrogens is 2. The van der Waals surface area contributed by atoms with Crippen molar-refractivity contribution in [3.05, 3.63) is 30.0 Å². The highest BCUT2D eigenvalue weighted by atomic mass is 32.1. The fourth-order valence-corrected chi connectivity index (χ4v) is 3.31. The first kappa shape index (κ1) is 22.5. The van der Waals surface area contributed by atoms with Gasteiger partial charge >= 0.3 is 6.18 Å². The molecule has 0 radical (unpaired) electrons. The second-order valence-electron chi connectivity index (χ2n) is 6.79. The van der Waals surface area contributed by atoms with Gasteiger partial charge in [-0.15, -0.1) is 0 Å². The van der Waals surface area contributed by atoms with Crippen molar-refractivity contribution in [3.8, 4) is 11.5 Å². The van der Waals surface area contributed by atoms with Crippen LogP contribution >= 0.6 is 12.2 Å². The molecule has 0 bridgehead atoms. The molecule has 2 heterocycles. The van der Waals surface area contributed by atoms with Crippen LogP contribution in [0.5, 0.6) is 11.5 Å². The molecule has 1 amide bonds. The number of amides is 1. The summed E-state index contributed by atoms with van der Waals surface area (Å²) < 4.78 is 51.1. The number of nitrogens with one attached hydrogen (secondary N) is 4.